The normalized spacial score (nSPS) is 20.8. The lowest BCUT2D eigenvalue weighted by molar-refractivity contribution is -0.148. The SMILES string of the molecule is CN=CC(=C(N)C(=O)N1CC(F)(F)CC(C)C1CNc1ncc(C(F)(F)F)cc1F)c1ncccn1. The lowest BCUT2D eigenvalue weighted by Crippen LogP contribution is -2.58. The van der Waals surface area contributed by atoms with Crippen molar-refractivity contribution in [1.29, 1.82) is 0 Å². The first kappa shape index (κ1) is 26.9. The molecule has 0 spiro atoms. The number of allylic oxidation sites excluding steroid dienone is 1. The summed E-state index contributed by atoms with van der Waals surface area (Å²) in [6.45, 7) is 0.230. The quantitative estimate of drug-likeness (QED) is 0.347. The molecule has 14 heteroatoms. The predicted octanol–water partition coefficient (Wildman–Crippen LogP) is 3.38. The van der Waals surface area contributed by atoms with Crippen LogP contribution in [0, 0.1) is 11.7 Å². The molecule has 194 valence electrons. The highest BCUT2D eigenvalue weighted by molar-refractivity contribution is 6.17. The van der Waals surface area contributed by atoms with Gasteiger partial charge in [0.2, 0.25) is 0 Å². The van der Waals surface area contributed by atoms with Crippen molar-refractivity contribution < 1.29 is 31.1 Å². The molecule has 36 heavy (non-hydrogen) atoms. The summed E-state index contributed by atoms with van der Waals surface area (Å²) in [6, 6.07) is 0.884. The number of likely N-dealkylation sites (tertiary alicyclic amines) is 1. The molecule has 0 radical (unpaired) electrons. The number of alkyl halides is 5. The summed E-state index contributed by atoms with van der Waals surface area (Å²) in [5.74, 6) is -6.70. The number of hydrogen-bond donors (Lipinski definition) is 2. The molecule has 0 saturated carbocycles. The average molecular weight is 515 g/mol. The first-order valence-corrected chi connectivity index (χ1v) is 10.7. The summed E-state index contributed by atoms with van der Waals surface area (Å²) in [4.78, 5) is 29.5. The minimum Gasteiger partial charge on any atom is -0.394 e. The number of carbonyl (C=O) groups excluding carboxylic acids is 1. The van der Waals surface area contributed by atoms with Crippen LogP contribution in [0.5, 0.6) is 0 Å². The molecule has 2 aromatic heterocycles. The van der Waals surface area contributed by atoms with Crippen LogP contribution >= 0.6 is 0 Å². The van der Waals surface area contributed by atoms with E-state index in [0.29, 0.717) is 6.20 Å². The van der Waals surface area contributed by atoms with Crippen LogP contribution < -0.4 is 11.1 Å². The molecule has 0 aromatic carbocycles. The van der Waals surface area contributed by atoms with E-state index in [1.165, 1.54) is 38.6 Å². The van der Waals surface area contributed by atoms with Crippen molar-refractivity contribution in [3.63, 3.8) is 0 Å². The zero-order chi connectivity index (χ0) is 26.7. The molecule has 1 saturated heterocycles. The Bertz CT molecular complexity index is 1150. The number of nitrogens with zero attached hydrogens (tertiary/aromatic N) is 5. The van der Waals surface area contributed by atoms with E-state index in [2.05, 4.69) is 25.3 Å². The van der Waals surface area contributed by atoms with Crippen LogP contribution in [-0.2, 0) is 11.0 Å². The van der Waals surface area contributed by atoms with Gasteiger partial charge in [-0.3, -0.25) is 9.79 Å². The van der Waals surface area contributed by atoms with Gasteiger partial charge in [0.05, 0.1) is 23.7 Å². The Kier molecular flexibility index (Phi) is 7.84. The number of aliphatic imine (C=N–C) groups is 1. The fourth-order valence-corrected chi connectivity index (χ4v) is 3.89. The number of aromatic nitrogens is 3. The molecule has 8 nitrogen and oxygen atoms in total. The number of hydrogen-bond acceptors (Lipinski definition) is 7. The van der Waals surface area contributed by atoms with Gasteiger partial charge in [-0.05, 0) is 18.1 Å². The first-order chi connectivity index (χ1) is 16.8. The third-order valence-electron chi connectivity index (χ3n) is 5.57. The molecule has 1 aliphatic rings. The number of rotatable bonds is 6. The Hall–Kier alpha value is -3.71. The first-order valence-electron chi connectivity index (χ1n) is 10.7. The number of piperidine rings is 1. The third-order valence-corrected chi connectivity index (χ3v) is 5.57. The van der Waals surface area contributed by atoms with Gasteiger partial charge in [0.25, 0.3) is 11.8 Å². The fraction of sp³-hybridized carbons (Fsp3) is 0.409. The van der Waals surface area contributed by atoms with Gasteiger partial charge in [-0.2, -0.15) is 13.2 Å². The fourth-order valence-electron chi connectivity index (χ4n) is 3.89. The molecule has 0 aliphatic carbocycles. The highest BCUT2D eigenvalue weighted by Crippen LogP contribution is 2.36. The number of pyridine rings is 1. The van der Waals surface area contributed by atoms with Gasteiger partial charge in [0.15, 0.2) is 17.5 Å². The van der Waals surface area contributed by atoms with Gasteiger partial charge in [-0.1, -0.05) is 6.92 Å². The lowest BCUT2D eigenvalue weighted by Gasteiger charge is -2.43. The maximum Gasteiger partial charge on any atom is 0.417 e. The average Bonchev–Trinajstić information content (AvgIpc) is 2.80. The Labute approximate surface area is 202 Å². The monoisotopic (exact) mass is 515 g/mol. The molecule has 0 bridgehead atoms. The number of nitrogens with one attached hydrogen (secondary N) is 1. The lowest BCUT2D eigenvalue weighted by atomic mass is 9.88. The number of amides is 1. The summed E-state index contributed by atoms with van der Waals surface area (Å²) in [7, 11) is 1.41. The van der Waals surface area contributed by atoms with Crippen molar-refractivity contribution in [3.05, 3.63) is 53.6 Å². The van der Waals surface area contributed by atoms with E-state index in [4.69, 9.17) is 5.73 Å². The Morgan fingerprint density at radius 1 is 1.31 bits per heavy atom. The van der Waals surface area contributed by atoms with Gasteiger partial charge in [-0.15, -0.1) is 0 Å². The molecule has 3 rings (SSSR count). The van der Waals surface area contributed by atoms with E-state index >= 15 is 0 Å². The van der Waals surface area contributed by atoms with Gasteiger partial charge in [0.1, 0.15) is 5.70 Å². The standard InChI is InChI=1S/C22H23F6N7O/c1-12-7-21(24,25)11-35(20(36)17(29)14(9-30-2)18-31-4-3-5-32-18)16(12)10-34-19-15(23)6-13(8-33-19)22(26,27)28/h3-6,8-9,12,16H,7,10-11,29H2,1-2H3,(H,33,34). The van der Waals surface area contributed by atoms with E-state index in [-0.39, 0.29) is 24.0 Å². The van der Waals surface area contributed by atoms with Crippen molar-refractivity contribution >= 4 is 23.5 Å². The summed E-state index contributed by atoms with van der Waals surface area (Å²) in [5, 5.41) is 2.53. The zero-order valence-corrected chi connectivity index (χ0v) is 19.2. The number of halogens is 6. The second-order valence-electron chi connectivity index (χ2n) is 8.26. The van der Waals surface area contributed by atoms with Crippen molar-refractivity contribution in [3.8, 4) is 0 Å². The molecule has 2 aromatic rings. The van der Waals surface area contributed by atoms with Crippen molar-refractivity contribution in [1.82, 2.24) is 19.9 Å². The predicted molar refractivity (Wildman–Crippen MR) is 119 cm³/mol. The molecule has 1 amide bonds. The van der Waals surface area contributed by atoms with Crippen LogP contribution in [0.3, 0.4) is 0 Å². The summed E-state index contributed by atoms with van der Waals surface area (Å²) in [5.41, 5.74) is 4.38. The molecule has 1 aliphatic heterocycles. The molecule has 3 N–H and O–H groups in total. The largest absolute Gasteiger partial charge is 0.417 e. The molecular formula is C22H23F6N7O. The van der Waals surface area contributed by atoms with Gasteiger partial charge in [0, 0.05) is 44.8 Å². The Morgan fingerprint density at radius 3 is 2.56 bits per heavy atom. The highest BCUT2D eigenvalue weighted by Gasteiger charge is 2.46. The minimum absolute atomic E-state index is 0.0202. The third kappa shape index (κ3) is 6.10. The Morgan fingerprint density at radius 2 is 1.97 bits per heavy atom. The number of anilines is 1. The molecule has 3 heterocycles. The Balaban J connectivity index is 1.91. The second-order valence-corrected chi connectivity index (χ2v) is 8.26. The topological polar surface area (TPSA) is 109 Å². The van der Waals surface area contributed by atoms with E-state index in [9.17, 15) is 31.1 Å². The van der Waals surface area contributed by atoms with Gasteiger partial charge >= 0.3 is 6.18 Å². The summed E-state index contributed by atoms with van der Waals surface area (Å²) >= 11 is 0. The smallest absolute Gasteiger partial charge is 0.394 e. The summed E-state index contributed by atoms with van der Waals surface area (Å²) < 4.78 is 81.5. The van der Waals surface area contributed by atoms with Crippen molar-refractivity contribution in [2.24, 2.45) is 16.6 Å². The minimum atomic E-state index is -4.79. The van der Waals surface area contributed by atoms with Gasteiger partial charge < -0.3 is 16.0 Å². The van der Waals surface area contributed by atoms with Crippen LogP contribution in [0.15, 0.2) is 41.4 Å². The van der Waals surface area contributed by atoms with Crippen molar-refractivity contribution in [2.75, 3.05) is 25.5 Å². The highest BCUT2D eigenvalue weighted by atomic mass is 19.4. The van der Waals surface area contributed by atoms with Gasteiger partial charge in [-0.25, -0.2) is 28.1 Å². The number of carbonyl (C=O) groups is 1. The molecule has 1 fully saturated rings. The van der Waals surface area contributed by atoms with E-state index < -0.39 is 65.8 Å². The molecule has 2 unspecified atom stereocenters. The molecule has 2 atom stereocenters. The summed E-state index contributed by atoms with van der Waals surface area (Å²) in [6.07, 6.45) is -0.879. The number of nitrogens with two attached hydrogens (primary N) is 1. The maximum atomic E-state index is 14.5. The van der Waals surface area contributed by atoms with E-state index in [0.717, 1.165) is 4.90 Å². The van der Waals surface area contributed by atoms with Crippen LogP contribution in [0.1, 0.15) is 24.7 Å². The van der Waals surface area contributed by atoms with Crippen LogP contribution in [-0.4, -0.2) is 64.1 Å². The van der Waals surface area contributed by atoms with Crippen LogP contribution in [0.25, 0.3) is 5.57 Å². The van der Waals surface area contributed by atoms with Crippen molar-refractivity contribution in [2.45, 2.75) is 31.5 Å². The van der Waals surface area contributed by atoms with E-state index in [1.54, 1.807) is 0 Å². The van der Waals surface area contributed by atoms with Crippen LogP contribution in [0.2, 0.25) is 0 Å². The zero-order valence-electron chi connectivity index (χ0n) is 19.2. The second kappa shape index (κ2) is 10.5. The maximum absolute atomic E-state index is 14.5. The molecular weight excluding hydrogens is 492 g/mol. The van der Waals surface area contributed by atoms with Crippen LogP contribution in [0.4, 0.5) is 32.2 Å². The van der Waals surface area contributed by atoms with E-state index in [1.807, 2.05) is 0 Å².